The summed E-state index contributed by atoms with van der Waals surface area (Å²) in [7, 11) is -5.12. The minimum atomic E-state index is -5.12. The van der Waals surface area contributed by atoms with Gasteiger partial charge in [0.15, 0.2) is 6.10 Å². The summed E-state index contributed by atoms with van der Waals surface area (Å²) in [5.74, 6) is -1.13. The van der Waals surface area contributed by atoms with Crippen LogP contribution in [0.25, 0.3) is 0 Å². The summed E-state index contributed by atoms with van der Waals surface area (Å²) in [6.45, 7) is 3.23. The Labute approximate surface area is 367 Å². The van der Waals surface area contributed by atoms with Gasteiger partial charge in [-0.05, 0) is 77.0 Å². The fraction of sp³-hybridized carbons (Fsp3) is 0.787. The average Bonchev–Trinajstić information content (AvgIpc) is 3.24. The van der Waals surface area contributed by atoms with Crippen LogP contribution in [0.3, 0.4) is 0 Å². The van der Waals surface area contributed by atoms with E-state index in [1.165, 1.54) is 38.5 Å². The number of phosphoric acid groups is 1. The van der Waals surface area contributed by atoms with Gasteiger partial charge >= 0.3 is 19.8 Å². The van der Waals surface area contributed by atoms with Crippen molar-refractivity contribution >= 4 is 19.8 Å². The number of esters is 2. The minimum absolute atomic E-state index is 0.0777. The third-order valence-corrected chi connectivity index (χ3v) is 11.6. The lowest BCUT2D eigenvalue weighted by molar-refractivity contribution is -0.220. The van der Waals surface area contributed by atoms with E-state index in [0.29, 0.717) is 12.8 Å². The molecular formula is C47H83O13P. The maximum absolute atomic E-state index is 12.8. The van der Waals surface area contributed by atoms with Crippen molar-refractivity contribution in [2.75, 3.05) is 13.2 Å². The molecule has 61 heavy (non-hydrogen) atoms. The largest absolute Gasteiger partial charge is 0.472 e. The molecule has 354 valence electrons. The molecular weight excluding hydrogens is 803 g/mol. The van der Waals surface area contributed by atoms with Gasteiger partial charge in [-0.2, -0.15) is 0 Å². The quantitative estimate of drug-likeness (QED) is 0.0148. The standard InChI is InChI=1S/C47H83O13P/c1-3-5-7-9-11-13-15-17-19-20-22-23-25-27-29-31-33-35-40(48)57-37-39(38-58-61(55,56)60-47-45(53)43(51)42(50)44(52)46(47)54)59-41(49)36-34-32-30-28-26-24-21-18-16-14-12-10-8-6-4-2/h11-14,17-19,21,39,42-47,50-54H,3-10,15-16,20,22-38H2,1-2H3,(H,55,56)/b13-11-,14-12-,19-17-,21-18-/t39-,42?,43-,44?,45?,46?,47?/m1/s1. The zero-order valence-electron chi connectivity index (χ0n) is 37.4. The van der Waals surface area contributed by atoms with Gasteiger partial charge in [-0.25, -0.2) is 4.57 Å². The highest BCUT2D eigenvalue weighted by atomic mass is 31.2. The number of ether oxygens (including phenoxy) is 2. The molecule has 0 aliphatic heterocycles. The molecule has 1 fully saturated rings. The van der Waals surface area contributed by atoms with Crippen LogP contribution in [0.4, 0.5) is 0 Å². The van der Waals surface area contributed by atoms with Crippen LogP contribution in [-0.4, -0.2) is 98.3 Å². The van der Waals surface area contributed by atoms with Crippen LogP contribution in [0.2, 0.25) is 0 Å². The van der Waals surface area contributed by atoms with E-state index in [4.69, 9.17) is 18.5 Å². The number of hydrogen-bond acceptors (Lipinski definition) is 12. The van der Waals surface area contributed by atoms with E-state index in [-0.39, 0.29) is 12.8 Å². The molecule has 0 aromatic rings. The zero-order valence-corrected chi connectivity index (χ0v) is 38.3. The highest BCUT2D eigenvalue weighted by Gasteiger charge is 2.51. The number of carbonyl (C=O) groups is 2. The molecule has 0 spiro atoms. The van der Waals surface area contributed by atoms with E-state index in [1.807, 2.05) is 0 Å². The fourth-order valence-electron chi connectivity index (χ4n) is 6.82. The number of phosphoric ester groups is 1. The lowest BCUT2D eigenvalue weighted by Gasteiger charge is -2.41. The number of unbranched alkanes of at least 4 members (excludes halogenated alkanes) is 18. The van der Waals surface area contributed by atoms with Gasteiger partial charge in [0.2, 0.25) is 0 Å². The minimum Gasteiger partial charge on any atom is -0.462 e. The second-order valence-electron chi connectivity index (χ2n) is 16.3. The van der Waals surface area contributed by atoms with Crippen LogP contribution in [0.5, 0.6) is 0 Å². The van der Waals surface area contributed by atoms with Gasteiger partial charge in [-0.1, -0.05) is 140 Å². The van der Waals surface area contributed by atoms with Gasteiger partial charge in [0.05, 0.1) is 6.61 Å². The maximum Gasteiger partial charge on any atom is 0.472 e. The molecule has 0 saturated heterocycles. The Morgan fingerprint density at radius 2 is 0.885 bits per heavy atom. The number of hydrogen-bond donors (Lipinski definition) is 6. The molecule has 0 bridgehead atoms. The molecule has 1 rings (SSSR count). The van der Waals surface area contributed by atoms with Crippen LogP contribution in [-0.2, 0) is 32.7 Å². The Balaban J connectivity index is 2.47. The van der Waals surface area contributed by atoms with Gasteiger partial charge in [-0.3, -0.25) is 18.6 Å². The topological polar surface area (TPSA) is 210 Å². The molecule has 0 amide bonds. The third-order valence-electron chi connectivity index (χ3n) is 10.6. The molecule has 0 aromatic carbocycles. The molecule has 1 saturated carbocycles. The predicted molar refractivity (Wildman–Crippen MR) is 239 cm³/mol. The lowest BCUT2D eigenvalue weighted by atomic mass is 9.85. The lowest BCUT2D eigenvalue weighted by Crippen LogP contribution is -2.64. The molecule has 0 heterocycles. The van der Waals surface area contributed by atoms with E-state index in [0.717, 1.165) is 103 Å². The second-order valence-corrected chi connectivity index (χ2v) is 17.7. The summed E-state index contributed by atoms with van der Waals surface area (Å²) in [5.41, 5.74) is 0. The molecule has 6 unspecified atom stereocenters. The molecule has 0 aromatic heterocycles. The van der Waals surface area contributed by atoms with Gasteiger partial charge < -0.3 is 39.9 Å². The summed E-state index contributed by atoms with van der Waals surface area (Å²) in [4.78, 5) is 35.7. The smallest absolute Gasteiger partial charge is 0.462 e. The van der Waals surface area contributed by atoms with Crippen molar-refractivity contribution < 1.29 is 63.1 Å². The van der Waals surface area contributed by atoms with E-state index in [2.05, 4.69) is 62.5 Å². The number of aliphatic hydroxyl groups excluding tert-OH is 5. The normalized spacial score (nSPS) is 22.4. The van der Waals surface area contributed by atoms with Gasteiger partial charge in [0, 0.05) is 12.8 Å². The summed E-state index contributed by atoms with van der Waals surface area (Å²) < 4.78 is 33.5. The monoisotopic (exact) mass is 887 g/mol. The molecule has 1 aliphatic rings. The molecule has 8 atom stereocenters. The highest BCUT2D eigenvalue weighted by Crippen LogP contribution is 2.47. The summed E-state index contributed by atoms with van der Waals surface area (Å²) >= 11 is 0. The van der Waals surface area contributed by atoms with E-state index < -0.39 is 75.7 Å². The van der Waals surface area contributed by atoms with Crippen LogP contribution in [0.15, 0.2) is 48.6 Å². The number of aliphatic hydroxyl groups is 5. The highest BCUT2D eigenvalue weighted by molar-refractivity contribution is 7.47. The first kappa shape index (κ1) is 56.8. The van der Waals surface area contributed by atoms with Crippen LogP contribution < -0.4 is 0 Å². The van der Waals surface area contributed by atoms with Crippen LogP contribution in [0.1, 0.15) is 181 Å². The first-order valence-corrected chi connectivity index (χ1v) is 24.9. The first-order valence-electron chi connectivity index (χ1n) is 23.4. The maximum atomic E-state index is 12.8. The van der Waals surface area contributed by atoms with Crippen molar-refractivity contribution in [3.63, 3.8) is 0 Å². The molecule has 6 N–H and O–H groups in total. The van der Waals surface area contributed by atoms with Crippen molar-refractivity contribution in [3.8, 4) is 0 Å². The Morgan fingerprint density at radius 3 is 1.33 bits per heavy atom. The van der Waals surface area contributed by atoms with E-state index in [1.54, 1.807) is 0 Å². The summed E-state index contributed by atoms with van der Waals surface area (Å²) in [6.07, 6.45) is 30.1. The molecule has 13 nitrogen and oxygen atoms in total. The van der Waals surface area contributed by atoms with Crippen LogP contribution in [0, 0.1) is 0 Å². The number of rotatable bonds is 38. The third kappa shape index (κ3) is 29.7. The van der Waals surface area contributed by atoms with Crippen molar-refractivity contribution in [2.24, 2.45) is 0 Å². The van der Waals surface area contributed by atoms with Crippen LogP contribution >= 0.6 is 7.82 Å². The van der Waals surface area contributed by atoms with Crippen molar-refractivity contribution in [2.45, 2.75) is 224 Å². The Morgan fingerprint density at radius 1 is 0.508 bits per heavy atom. The van der Waals surface area contributed by atoms with E-state index >= 15 is 0 Å². The SMILES string of the molecule is CCCCC/C=C\C/C=C\CCCCCCCCCC(=O)OC[C@H](COP(=O)(O)OC1C(O)C(O)C(O)[C@@H](O)C1O)OC(=O)CCCCCCC/C=C\C/C=C\CCCCC. The summed E-state index contributed by atoms with van der Waals surface area (Å²) in [6, 6.07) is 0. The Kier molecular flexibility index (Phi) is 34.7. The average molecular weight is 887 g/mol. The van der Waals surface area contributed by atoms with Crippen molar-refractivity contribution in [1.82, 2.24) is 0 Å². The summed E-state index contributed by atoms with van der Waals surface area (Å²) in [5, 5.41) is 50.1. The number of allylic oxidation sites excluding steroid dienone is 8. The predicted octanol–water partition coefficient (Wildman–Crippen LogP) is 9.17. The van der Waals surface area contributed by atoms with Gasteiger partial charge in [0.1, 0.15) is 43.2 Å². The van der Waals surface area contributed by atoms with Crippen molar-refractivity contribution in [3.05, 3.63) is 48.6 Å². The zero-order chi connectivity index (χ0) is 45.0. The first-order chi connectivity index (χ1) is 29.4. The van der Waals surface area contributed by atoms with E-state index in [9.17, 15) is 44.6 Å². The molecule has 14 heteroatoms. The molecule has 1 aliphatic carbocycles. The van der Waals surface area contributed by atoms with Gasteiger partial charge in [-0.15, -0.1) is 0 Å². The fourth-order valence-corrected chi connectivity index (χ4v) is 7.79. The Hall–Kier alpha value is -2.19. The number of carbonyl (C=O) groups excluding carboxylic acids is 2. The van der Waals surface area contributed by atoms with Gasteiger partial charge in [0.25, 0.3) is 0 Å². The Bertz CT molecular complexity index is 1250. The van der Waals surface area contributed by atoms with Crippen molar-refractivity contribution in [1.29, 1.82) is 0 Å². The second kappa shape index (κ2) is 37.2. The molecule has 0 radical (unpaired) electrons.